The van der Waals surface area contributed by atoms with E-state index in [0.29, 0.717) is 25.3 Å². The lowest BCUT2D eigenvalue weighted by Gasteiger charge is -2.32. The van der Waals surface area contributed by atoms with Crippen LogP contribution in [0.2, 0.25) is 0 Å². The number of morpholine rings is 1. The molecule has 1 aliphatic heterocycles. The van der Waals surface area contributed by atoms with E-state index in [9.17, 15) is 4.79 Å². The average Bonchev–Trinajstić information content (AvgIpc) is 3.05. The molecule has 0 spiro atoms. The predicted octanol–water partition coefficient (Wildman–Crippen LogP) is 2.25. The maximum atomic E-state index is 12.9. The molecule has 0 bridgehead atoms. The first kappa shape index (κ1) is 14.8. The fourth-order valence-electron chi connectivity index (χ4n) is 3.00. The molecule has 3 aromatic heterocycles. The molecule has 1 amide bonds. The largest absolute Gasteiger partial charge is 0.368 e. The zero-order valence-electron chi connectivity index (χ0n) is 13.4. The van der Waals surface area contributed by atoms with E-state index in [0.717, 1.165) is 16.8 Å². The lowest BCUT2D eigenvalue weighted by Crippen LogP contribution is -2.42. The number of amides is 1. The van der Waals surface area contributed by atoms with E-state index in [-0.39, 0.29) is 12.0 Å². The Balaban J connectivity index is 1.59. The normalized spacial score (nSPS) is 18.0. The van der Waals surface area contributed by atoms with Crippen LogP contribution in [0.4, 0.5) is 0 Å². The van der Waals surface area contributed by atoms with E-state index in [1.165, 1.54) is 0 Å². The molecule has 0 N–H and O–H groups in total. The highest BCUT2D eigenvalue weighted by molar-refractivity contribution is 6.00. The maximum Gasteiger partial charge on any atom is 0.257 e. The molecule has 1 fully saturated rings. The molecule has 4 heterocycles. The van der Waals surface area contributed by atoms with Gasteiger partial charge in [-0.1, -0.05) is 12.1 Å². The molecule has 4 rings (SSSR count). The molecule has 0 aliphatic carbocycles. The molecule has 122 valence electrons. The quantitative estimate of drug-likeness (QED) is 0.726. The van der Waals surface area contributed by atoms with E-state index in [1.54, 1.807) is 16.9 Å². The van der Waals surface area contributed by atoms with Crippen molar-refractivity contribution in [3.63, 3.8) is 0 Å². The highest BCUT2D eigenvalue weighted by Gasteiger charge is 2.28. The van der Waals surface area contributed by atoms with Crippen molar-refractivity contribution < 1.29 is 9.53 Å². The number of aryl methyl sites for hydroxylation is 1. The van der Waals surface area contributed by atoms with Crippen LogP contribution >= 0.6 is 0 Å². The van der Waals surface area contributed by atoms with Gasteiger partial charge >= 0.3 is 0 Å². The number of nitrogens with zero attached hydrogens (tertiary/aromatic N) is 4. The average molecular weight is 322 g/mol. The van der Waals surface area contributed by atoms with Gasteiger partial charge in [0, 0.05) is 18.9 Å². The lowest BCUT2D eigenvalue weighted by molar-refractivity contribution is -0.0246. The van der Waals surface area contributed by atoms with Crippen LogP contribution in [0.3, 0.4) is 0 Å². The van der Waals surface area contributed by atoms with E-state index in [2.05, 4.69) is 10.1 Å². The zero-order valence-corrected chi connectivity index (χ0v) is 13.4. The van der Waals surface area contributed by atoms with Crippen molar-refractivity contribution >= 4 is 11.4 Å². The minimum Gasteiger partial charge on any atom is -0.368 e. The minimum atomic E-state index is -0.187. The number of fused-ring (bicyclic) bond motifs is 1. The Hall–Kier alpha value is -2.73. The second-order valence-electron chi connectivity index (χ2n) is 5.96. The number of hydrogen-bond acceptors (Lipinski definition) is 4. The molecule has 6 heteroatoms. The van der Waals surface area contributed by atoms with Gasteiger partial charge in [-0.25, -0.2) is 4.52 Å². The summed E-state index contributed by atoms with van der Waals surface area (Å²) < 4.78 is 7.54. The van der Waals surface area contributed by atoms with Crippen LogP contribution < -0.4 is 0 Å². The number of carbonyl (C=O) groups is 1. The van der Waals surface area contributed by atoms with Crippen molar-refractivity contribution in [2.75, 3.05) is 19.7 Å². The second kappa shape index (κ2) is 6.05. The number of hydrogen-bond donors (Lipinski definition) is 0. The molecular weight excluding hydrogens is 304 g/mol. The van der Waals surface area contributed by atoms with Gasteiger partial charge in [-0.2, -0.15) is 5.10 Å². The highest BCUT2D eigenvalue weighted by atomic mass is 16.5. The van der Waals surface area contributed by atoms with Gasteiger partial charge in [0.1, 0.15) is 6.10 Å². The summed E-state index contributed by atoms with van der Waals surface area (Å²) in [5.74, 6) is -0.0157. The van der Waals surface area contributed by atoms with E-state index >= 15 is 0 Å². The Morgan fingerprint density at radius 3 is 3.04 bits per heavy atom. The molecule has 1 unspecified atom stereocenters. The number of carbonyl (C=O) groups excluding carboxylic acids is 1. The molecule has 0 aromatic carbocycles. The SMILES string of the molecule is Cc1ccc2c(C(=O)N3CCOC(c4ccccn4)C3)cnn2c1. The summed E-state index contributed by atoms with van der Waals surface area (Å²) in [6, 6.07) is 9.66. The van der Waals surface area contributed by atoms with Crippen molar-refractivity contribution in [1.29, 1.82) is 0 Å². The molecule has 3 aromatic rings. The Morgan fingerprint density at radius 1 is 1.29 bits per heavy atom. The predicted molar refractivity (Wildman–Crippen MR) is 88.8 cm³/mol. The van der Waals surface area contributed by atoms with Crippen molar-refractivity contribution in [3.05, 3.63) is 65.7 Å². The molecule has 0 saturated carbocycles. The van der Waals surface area contributed by atoms with E-state index < -0.39 is 0 Å². The first-order valence-corrected chi connectivity index (χ1v) is 7.98. The van der Waals surface area contributed by atoms with Crippen molar-refractivity contribution in [2.45, 2.75) is 13.0 Å². The summed E-state index contributed by atoms with van der Waals surface area (Å²) in [7, 11) is 0. The molecule has 1 atom stereocenters. The van der Waals surface area contributed by atoms with Gasteiger partial charge in [0.05, 0.1) is 36.1 Å². The molecule has 1 aliphatic rings. The third-order valence-electron chi connectivity index (χ3n) is 4.27. The molecule has 24 heavy (non-hydrogen) atoms. The Kier molecular flexibility index (Phi) is 3.74. The minimum absolute atomic E-state index is 0.0157. The fourth-order valence-corrected chi connectivity index (χ4v) is 3.00. The lowest BCUT2D eigenvalue weighted by atomic mass is 10.1. The summed E-state index contributed by atoms with van der Waals surface area (Å²) in [6.45, 7) is 3.58. The number of ether oxygens (including phenoxy) is 1. The summed E-state index contributed by atoms with van der Waals surface area (Å²) in [5.41, 5.74) is 3.40. The highest BCUT2D eigenvalue weighted by Crippen LogP contribution is 2.22. The Bertz CT molecular complexity index is 875. The van der Waals surface area contributed by atoms with Crippen LogP contribution in [0.15, 0.2) is 48.9 Å². The topological polar surface area (TPSA) is 59.7 Å². The Labute approximate surface area is 139 Å². The van der Waals surface area contributed by atoms with Gasteiger partial charge < -0.3 is 9.64 Å². The van der Waals surface area contributed by atoms with Crippen LogP contribution in [0, 0.1) is 6.92 Å². The van der Waals surface area contributed by atoms with Gasteiger partial charge in [0.2, 0.25) is 0 Å². The number of aromatic nitrogens is 3. The van der Waals surface area contributed by atoms with Crippen molar-refractivity contribution in [1.82, 2.24) is 19.5 Å². The zero-order chi connectivity index (χ0) is 16.5. The van der Waals surface area contributed by atoms with Gasteiger partial charge in [-0.15, -0.1) is 0 Å². The number of rotatable bonds is 2. The summed E-state index contributed by atoms with van der Waals surface area (Å²) in [5, 5.41) is 4.30. The first-order chi connectivity index (χ1) is 11.7. The second-order valence-corrected chi connectivity index (χ2v) is 5.96. The van der Waals surface area contributed by atoms with E-state index in [1.807, 2.05) is 48.4 Å². The number of pyridine rings is 2. The first-order valence-electron chi connectivity index (χ1n) is 7.98. The van der Waals surface area contributed by atoms with Crippen molar-refractivity contribution in [2.24, 2.45) is 0 Å². The van der Waals surface area contributed by atoms with Crippen LogP contribution in [0.1, 0.15) is 27.7 Å². The third-order valence-corrected chi connectivity index (χ3v) is 4.27. The fraction of sp³-hybridized carbons (Fsp3) is 0.278. The van der Waals surface area contributed by atoms with Crippen LogP contribution in [0.25, 0.3) is 5.52 Å². The Morgan fingerprint density at radius 2 is 2.21 bits per heavy atom. The molecule has 0 radical (unpaired) electrons. The summed E-state index contributed by atoms with van der Waals surface area (Å²) >= 11 is 0. The van der Waals surface area contributed by atoms with Gasteiger partial charge in [-0.3, -0.25) is 9.78 Å². The molecule has 1 saturated heterocycles. The van der Waals surface area contributed by atoms with Crippen molar-refractivity contribution in [3.8, 4) is 0 Å². The monoisotopic (exact) mass is 322 g/mol. The van der Waals surface area contributed by atoms with Crippen LogP contribution in [-0.2, 0) is 4.74 Å². The van der Waals surface area contributed by atoms with Gasteiger partial charge in [-0.05, 0) is 30.7 Å². The molecule has 6 nitrogen and oxygen atoms in total. The molecular formula is C18H18N4O2. The standard InChI is InChI=1S/C18H18N4O2/c1-13-5-6-16-14(10-20-22(16)11-13)18(23)21-8-9-24-17(12-21)15-4-2-3-7-19-15/h2-7,10-11,17H,8-9,12H2,1H3. The van der Waals surface area contributed by atoms with Gasteiger partial charge in [0.25, 0.3) is 5.91 Å². The van der Waals surface area contributed by atoms with Gasteiger partial charge in [0.15, 0.2) is 0 Å². The van der Waals surface area contributed by atoms with E-state index in [4.69, 9.17) is 4.74 Å². The summed E-state index contributed by atoms with van der Waals surface area (Å²) in [6.07, 6.45) is 5.12. The third kappa shape index (κ3) is 2.65. The summed E-state index contributed by atoms with van der Waals surface area (Å²) in [4.78, 5) is 19.1. The van der Waals surface area contributed by atoms with Crippen LogP contribution in [0.5, 0.6) is 0 Å². The maximum absolute atomic E-state index is 12.9. The smallest absolute Gasteiger partial charge is 0.257 e. The van der Waals surface area contributed by atoms with Crippen LogP contribution in [-0.4, -0.2) is 45.1 Å².